The van der Waals surface area contributed by atoms with Gasteiger partial charge in [0, 0.05) is 5.02 Å². The summed E-state index contributed by atoms with van der Waals surface area (Å²) in [6.45, 7) is 1.86. The zero-order valence-electron chi connectivity index (χ0n) is 12.5. The Morgan fingerprint density at radius 2 is 1.91 bits per heavy atom. The summed E-state index contributed by atoms with van der Waals surface area (Å²) < 4.78 is 10.5. The van der Waals surface area contributed by atoms with Crippen molar-refractivity contribution in [2.24, 2.45) is 0 Å². The van der Waals surface area contributed by atoms with Crippen LogP contribution in [0.25, 0.3) is 0 Å². The highest BCUT2D eigenvalue weighted by Gasteiger charge is 2.10. The van der Waals surface area contributed by atoms with Gasteiger partial charge in [-0.1, -0.05) is 29.8 Å². The van der Waals surface area contributed by atoms with Gasteiger partial charge in [-0.2, -0.15) is 0 Å². The predicted molar refractivity (Wildman–Crippen MR) is 86.5 cm³/mol. The second-order valence-electron chi connectivity index (χ2n) is 4.81. The zero-order valence-corrected chi connectivity index (χ0v) is 13.3. The van der Waals surface area contributed by atoms with Crippen LogP contribution in [0.2, 0.25) is 5.02 Å². The lowest BCUT2D eigenvalue weighted by Crippen LogP contribution is -2.31. The van der Waals surface area contributed by atoms with E-state index in [4.69, 9.17) is 21.1 Å². The first kappa shape index (κ1) is 16.2. The summed E-state index contributed by atoms with van der Waals surface area (Å²) in [6, 6.07) is 14.4. The lowest BCUT2D eigenvalue weighted by molar-refractivity contribution is -0.123. The molecular weight excluding hydrogens is 302 g/mol. The van der Waals surface area contributed by atoms with Crippen molar-refractivity contribution in [3.63, 3.8) is 0 Å². The van der Waals surface area contributed by atoms with E-state index in [-0.39, 0.29) is 18.6 Å². The van der Waals surface area contributed by atoms with E-state index in [0.29, 0.717) is 10.8 Å². The van der Waals surface area contributed by atoms with E-state index in [1.807, 2.05) is 31.2 Å². The van der Waals surface area contributed by atoms with E-state index in [1.165, 1.54) is 0 Å². The van der Waals surface area contributed by atoms with Crippen LogP contribution >= 0.6 is 11.6 Å². The smallest absolute Gasteiger partial charge is 0.258 e. The fraction of sp³-hybridized carbons (Fsp3) is 0.235. The van der Waals surface area contributed by atoms with Crippen LogP contribution in [0.3, 0.4) is 0 Å². The molecule has 0 saturated carbocycles. The van der Waals surface area contributed by atoms with Gasteiger partial charge in [0.1, 0.15) is 11.5 Å². The van der Waals surface area contributed by atoms with Gasteiger partial charge in [0.05, 0.1) is 13.2 Å². The minimum atomic E-state index is -0.191. The van der Waals surface area contributed by atoms with Crippen molar-refractivity contribution in [2.75, 3.05) is 13.7 Å². The number of halogens is 1. The third-order valence-corrected chi connectivity index (χ3v) is 3.39. The number of methoxy groups -OCH3 is 1. The average Bonchev–Trinajstić information content (AvgIpc) is 2.53. The van der Waals surface area contributed by atoms with Gasteiger partial charge in [0.25, 0.3) is 5.91 Å². The fourth-order valence-corrected chi connectivity index (χ4v) is 2.15. The highest BCUT2D eigenvalue weighted by molar-refractivity contribution is 6.30. The number of carbonyl (C=O) groups is 1. The lowest BCUT2D eigenvalue weighted by Gasteiger charge is -2.15. The van der Waals surface area contributed by atoms with E-state index in [1.54, 1.807) is 31.4 Å². The minimum Gasteiger partial charge on any atom is -0.497 e. The van der Waals surface area contributed by atoms with Crippen molar-refractivity contribution in [2.45, 2.75) is 13.0 Å². The molecule has 0 saturated heterocycles. The third-order valence-electron chi connectivity index (χ3n) is 3.16. The molecule has 0 spiro atoms. The molecule has 0 fully saturated rings. The summed E-state index contributed by atoms with van der Waals surface area (Å²) in [5.74, 6) is 1.16. The Hall–Kier alpha value is -2.20. The first-order chi connectivity index (χ1) is 10.6. The van der Waals surface area contributed by atoms with Crippen molar-refractivity contribution >= 4 is 17.5 Å². The maximum absolute atomic E-state index is 11.9. The van der Waals surface area contributed by atoms with Crippen molar-refractivity contribution in [1.82, 2.24) is 5.32 Å². The average molecular weight is 320 g/mol. The number of ether oxygens (including phenoxy) is 2. The Morgan fingerprint density at radius 1 is 1.18 bits per heavy atom. The van der Waals surface area contributed by atoms with Gasteiger partial charge in [-0.25, -0.2) is 0 Å². The van der Waals surface area contributed by atoms with Crippen LogP contribution in [0.4, 0.5) is 0 Å². The molecule has 22 heavy (non-hydrogen) atoms. The van der Waals surface area contributed by atoms with Gasteiger partial charge < -0.3 is 14.8 Å². The summed E-state index contributed by atoms with van der Waals surface area (Å²) >= 11 is 5.86. The largest absolute Gasteiger partial charge is 0.497 e. The van der Waals surface area contributed by atoms with E-state index in [2.05, 4.69) is 5.32 Å². The number of benzene rings is 2. The van der Waals surface area contributed by atoms with Crippen LogP contribution in [0.1, 0.15) is 18.5 Å². The van der Waals surface area contributed by atoms with E-state index >= 15 is 0 Å². The van der Waals surface area contributed by atoms with Gasteiger partial charge in [0.15, 0.2) is 6.61 Å². The first-order valence-corrected chi connectivity index (χ1v) is 7.28. The van der Waals surface area contributed by atoms with Crippen LogP contribution in [0, 0.1) is 0 Å². The lowest BCUT2D eigenvalue weighted by atomic mass is 10.1. The van der Waals surface area contributed by atoms with Gasteiger partial charge in [-0.15, -0.1) is 0 Å². The van der Waals surface area contributed by atoms with Crippen LogP contribution in [-0.4, -0.2) is 19.6 Å². The molecule has 2 aromatic rings. The maximum Gasteiger partial charge on any atom is 0.258 e. The van der Waals surface area contributed by atoms with Crippen molar-refractivity contribution in [1.29, 1.82) is 0 Å². The highest BCUT2D eigenvalue weighted by Crippen LogP contribution is 2.18. The summed E-state index contributed by atoms with van der Waals surface area (Å²) in [5, 5.41) is 3.45. The van der Waals surface area contributed by atoms with Gasteiger partial charge in [-0.3, -0.25) is 4.79 Å². The van der Waals surface area contributed by atoms with Crippen LogP contribution in [0.15, 0.2) is 48.5 Å². The SMILES string of the molecule is COc1ccc([C@@H](C)NC(=O)COc2cccc(Cl)c2)cc1. The molecule has 1 atom stereocenters. The van der Waals surface area contributed by atoms with Gasteiger partial charge >= 0.3 is 0 Å². The predicted octanol–water partition coefficient (Wildman–Crippen LogP) is 3.60. The second kappa shape index (κ2) is 7.71. The molecule has 0 aliphatic heterocycles. The fourth-order valence-electron chi connectivity index (χ4n) is 1.96. The molecule has 1 N–H and O–H groups in total. The molecule has 0 aromatic heterocycles. The Morgan fingerprint density at radius 3 is 2.55 bits per heavy atom. The number of hydrogen-bond donors (Lipinski definition) is 1. The summed E-state index contributed by atoms with van der Waals surface area (Å²) in [5.41, 5.74) is 0.997. The summed E-state index contributed by atoms with van der Waals surface area (Å²) in [6.07, 6.45) is 0. The molecule has 0 aliphatic rings. The van der Waals surface area contributed by atoms with Crippen LogP contribution in [-0.2, 0) is 4.79 Å². The molecule has 0 heterocycles. The van der Waals surface area contributed by atoms with Gasteiger partial charge in [-0.05, 0) is 42.8 Å². The number of nitrogens with one attached hydrogen (secondary N) is 1. The number of carbonyl (C=O) groups excluding carboxylic acids is 1. The molecule has 5 heteroatoms. The Kier molecular flexibility index (Phi) is 5.67. The Labute approximate surface area is 135 Å². The van der Waals surface area contributed by atoms with Crippen LogP contribution < -0.4 is 14.8 Å². The highest BCUT2D eigenvalue weighted by atomic mass is 35.5. The van der Waals surface area contributed by atoms with Crippen molar-refractivity contribution in [3.8, 4) is 11.5 Å². The number of hydrogen-bond acceptors (Lipinski definition) is 3. The molecule has 0 unspecified atom stereocenters. The third kappa shape index (κ3) is 4.67. The van der Waals surface area contributed by atoms with Gasteiger partial charge in [0.2, 0.25) is 0 Å². The number of amides is 1. The molecule has 0 aliphatic carbocycles. The molecule has 4 nitrogen and oxygen atoms in total. The summed E-state index contributed by atoms with van der Waals surface area (Å²) in [7, 11) is 1.62. The normalized spacial score (nSPS) is 11.6. The maximum atomic E-state index is 11.9. The quantitative estimate of drug-likeness (QED) is 0.885. The van der Waals surface area contributed by atoms with Crippen molar-refractivity contribution < 1.29 is 14.3 Å². The van der Waals surface area contributed by atoms with Crippen LogP contribution in [0.5, 0.6) is 11.5 Å². The molecule has 0 bridgehead atoms. The van der Waals surface area contributed by atoms with E-state index in [9.17, 15) is 4.79 Å². The Bertz CT molecular complexity index is 628. The second-order valence-corrected chi connectivity index (χ2v) is 5.24. The molecule has 2 rings (SSSR count). The molecule has 2 aromatic carbocycles. The van der Waals surface area contributed by atoms with E-state index in [0.717, 1.165) is 11.3 Å². The Balaban J connectivity index is 1.85. The monoisotopic (exact) mass is 319 g/mol. The molecular formula is C17H18ClNO3. The van der Waals surface area contributed by atoms with E-state index < -0.39 is 0 Å². The standard InChI is InChI=1S/C17H18ClNO3/c1-12(13-6-8-15(21-2)9-7-13)19-17(20)11-22-16-5-3-4-14(18)10-16/h3-10,12H,11H2,1-2H3,(H,19,20)/t12-/m1/s1. The minimum absolute atomic E-state index is 0.0547. The number of rotatable bonds is 6. The zero-order chi connectivity index (χ0) is 15.9. The molecule has 1 amide bonds. The molecule has 116 valence electrons. The van der Waals surface area contributed by atoms with Crippen molar-refractivity contribution in [3.05, 3.63) is 59.1 Å². The topological polar surface area (TPSA) is 47.6 Å². The first-order valence-electron chi connectivity index (χ1n) is 6.90. The summed E-state index contributed by atoms with van der Waals surface area (Å²) in [4.78, 5) is 11.9. The molecule has 0 radical (unpaired) electrons.